The number of aromatic nitrogens is 1. The molecule has 1 saturated heterocycles. The Hall–Kier alpha value is -1.00. The summed E-state index contributed by atoms with van der Waals surface area (Å²) >= 11 is 0. The number of rotatable bonds is 3. The van der Waals surface area contributed by atoms with Crippen molar-refractivity contribution in [1.29, 1.82) is 0 Å². The smallest absolute Gasteiger partial charge is 0.217 e. The molecule has 1 aliphatic heterocycles. The van der Waals surface area contributed by atoms with Crippen molar-refractivity contribution in [2.75, 3.05) is 26.2 Å². The standard InChI is InChI=1S/C14H20FN3/c15-14-12(5-2-6-17-14)13(11-3-1-4-11)18-9-7-16-8-10-18/h2,5-6,11,13,16H,1,3-4,7-10H2/t13-/m0/s1. The Kier molecular flexibility index (Phi) is 3.57. The molecule has 1 aromatic rings. The van der Waals surface area contributed by atoms with Crippen molar-refractivity contribution in [3.63, 3.8) is 0 Å². The third-order valence-corrected chi connectivity index (χ3v) is 4.25. The highest BCUT2D eigenvalue weighted by Crippen LogP contribution is 2.41. The van der Waals surface area contributed by atoms with Gasteiger partial charge in [-0.15, -0.1) is 0 Å². The average molecular weight is 249 g/mol. The zero-order valence-corrected chi connectivity index (χ0v) is 10.6. The summed E-state index contributed by atoms with van der Waals surface area (Å²) < 4.78 is 14.0. The van der Waals surface area contributed by atoms with Gasteiger partial charge in [0.25, 0.3) is 0 Å². The molecule has 2 aliphatic rings. The lowest BCUT2D eigenvalue weighted by molar-refractivity contribution is 0.0806. The minimum atomic E-state index is -0.284. The van der Waals surface area contributed by atoms with Gasteiger partial charge < -0.3 is 5.32 Å². The SMILES string of the molecule is Fc1ncccc1[C@H](C1CCC1)N1CCNCC1. The molecular weight excluding hydrogens is 229 g/mol. The molecule has 0 aromatic carbocycles. The van der Waals surface area contributed by atoms with Crippen molar-refractivity contribution in [3.05, 3.63) is 29.8 Å². The second-order valence-corrected chi connectivity index (χ2v) is 5.31. The molecule has 0 radical (unpaired) electrons. The minimum Gasteiger partial charge on any atom is -0.314 e. The summed E-state index contributed by atoms with van der Waals surface area (Å²) in [6.07, 6.45) is 5.27. The van der Waals surface area contributed by atoms with Crippen LogP contribution in [0, 0.1) is 11.9 Å². The van der Waals surface area contributed by atoms with Crippen molar-refractivity contribution in [3.8, 4) is 0 Å². The molecule has 0 unspecified atom stereocenters. The van der Waals surface area contributed by atoms with Gasteiger partial charge in [-0.1, -0.05) is 12.5 Å². The van der Waals surface area contributed by atoms with Gasteiger partial charge in [-0.3, -0.25) is 4.90 Å². The number of hydrogen-bond acceptors (Lipinski definition) is 3. The van der Waals surface area contributed by atoms with Crippen LogP contribution in [0.5, 0.6) is 0 Å². The van der Waals surface area contributed by atoms with E-state index in [4.69, 9.17) is 0 Å². The van der Waals surface area contributed by atoms with Crippen LogP contribution in [0.3, 0.4) is 0 Å². The number of piperazine rings is 1. The Morgan fingerprint density at radius 3 is 2.72 bits per heavy atom. The van der Waals surface area contributed by atoms with Crippen LogP contribution in [0.15, 0.2) is 18.3 Å². The van der Waals surface area contributed by atoms with E-state index in [1.807, 2.05) is 12.1 Å². The molecule has 18 heavy (non-hydrogen) atoms. The number of hydrogen-bond donors (Lipinski definition) is 1. The molecule has 0 bridgehead atoms. The monoisotopic (exact) mass is 249 g/mol. The van der Waals surface area contributed by atoms with Gasteiger partial charge in [0.15, 0.2) is 0 Å². The molecule has 4 heteroatoms. The molecule has 98 valence electrons. The maximum atomic E-state index is 14.0. The summed E-state index contributed by atoms with van der Waals surface area (Å²) in [7, 11) is 0. The Balaban J connectivity index is 1.87. The molecule has 2 heterocycles. The van der Waals surface area contributed by atoms with Gasteiger partial charge in [0, 0.05) is 44.0 Å². The Bertz CT molecular complexity index is 400. The molecule has 1 N–H and O–H groups in total. The number of pyridine rings is 1. The molecule has 0 spiro atoms. The van der Waals surface area contributed by atoms with Crippen LogP contribution in [0.1, 0.15) is 30.9 Å². The molecule has 2 fully saturated rings. The predicted molar refractivity (Wildman–Crippen MR) is 68.7 cm³/mol. The summed E-state index contributed by atoms with van der Waals surface area (Å²) in [5.41, 5.74) is 0.795. The Morgan fingerprint density at radius 2 is 2.11 bits per heavy atom. The van der Waals surface area contributed by atoms with Crippen LogP contribution in [0.25, 0.3) is 0 Å². The van der Waals surface area contributed by atoms with Gasteiger partial charge in [-0.05, 0) is 24.8 Å². The zero-order chi connectivity index (χ0) is 12.4. The molecular formula is C14H20FN3. The lowest BCUT2D eigenvalue weighted by Crippen LogP contribution is -2.48. The van der Waals surface area contributed by atoms with E-state index >= 15 is 0 Å². The first-order valence-electron chi connectivity index (χ1n) is 6.91. The Labute approximate surface area is 107 Å². The average Bonchev–Trinajstić information content (AvgIpc) is 2.36. The van der Waals surface area contributed by atoms with Gasteiger partial charge in [-0.2, -0.15) is 4.39 Å². The molecule has 1 aliphatic carbocycles. The minimum absolute atomic E-state index is 0.231. The summed E-state index contributed by atoms with van der Waals surface area (Å²) in [5, 5.41) is 3.36. The van der Waals surface area contributed by atoms with E-state index in [0.717, 1.165) is 31.7 Å². The van der Waals surface area contributed by atoms with Gasteiger partial charge in [0.2, 0.25) is 5.95 Å². The normalized spacial score (nSPS) is 23.6. The maximum absolute atomic E-state index is 14.0. The van der Waals surface area contributed by atoms with Crippen molar-refractivity contribution in [2.24, 2.45) is 5.92 Å². The van der Waals surface area contributed by atoms with Crippen molar-refractivity contribution >= 4 is 0 Å². The van der Waals surface area contributed by atoms with Crippen LogP contribution in [0.4, 0.5) is 4.39 Å². The fourth-order valence-corrected chi connectivity index (χ4v) is 3.08. The number of halogens is 1. The van der Waals surface area contributed by atoms with E-state index in [0.29, 0.717) is 5.92 Å². The summed E-state index contributed by atoms with van der Waals surface area (Å²) in [5.74, 6) is 0.328. The fraction of sp³-hybridized carbons (Fsp3) is 0.643. The van der Waals surface area contributed by atoms with Gasteiger partial charge >= 0.3 is 0 Å². The van der Waals surface area contributed by atoms with E-state index in [9.17, 15) is 4.39 Å². The van der Waals surface area contributed by atoms with E-state index in [1.165, 1.54) is 25.5 Å². The lowest BCUT2D eigenvalue weighted by Gasteiger charge is -2.43. The second-order valence-electron chi connectivity index (χ2n) is 5.31. The molecule has 1 saturated carbocycles. The van der Waals surface area contributed by atoms with Crippen molar-refractivity contribution in [1.82, 2.24) is 15.2 Å². The number of nitrogens with one attached hydrogen (secondary N) is 1. The van der Waals surface area contributed by atoms with Crippen molar-refractivity contribution < 1.29 is 4.39 Å². The van der Waals surface area contributed by atoms with Crippen LogP contribution < -0.4 is 5.32 Å². The Morgan fingerprint density at radius 1 is 1.33 bits per heavy atom. The van der Waals surface area contributed by atoms with Crippen LogP contribution >= 0.6 is 0 Å². The third-order valence-electron chi connectivity index (χ3n) is 4.25. The van der Waals surface area contributed by atoms with Crippen LogP contribution in [-0.4, -0.2) is 36.1 Å². The molecule has 1 aromatic heterocycles. The summed E-state index contributed by atoms with van der Waals surface area (Å²) in [6, 6.07) is 3.99. The highest BCUT2D eigenvalue weighted by molar-refractivity contribution is 5.18. The van der Waals surface area contributed by atoms with Crippen molar-refractivity contribution in [2.45, 2.75) is 25.3 Å². The first-order valence-corrected chi connectivity index (χ1v) is 6.91. The first-order chi connectivity index (χ1) is 8.86. The van der Waals surface area contributed by atoms with E-state index < -0.39 is 0 Å². The van der Waals surface area contributed by atoms with Gasteiger partial charge in [0.1, 0.15) is 0 Å². The predicted octanol–water partition coefficient (Wildman–Crippen LogP) is 1.97. The van der Waals surface area contributed by atoms with E-state index in [-0.39, 0.29) is 12.0 Å². The fourth-order valence-electron chi connectivity index (χ4n) is 3.08. The zero-order valence-electron chi connectivity index (χ0n) is 10.6. The number of nitrogens with zero attached hydrogens (tertiary/aromatic N) is 2. The summed E-state index contributed by atoms with van der Waals surface area (Å²) in [6.45, 7) is 4.03. The largest absolute Gasteiger partial charge is 0.314 e. The molecule has 3 rings (SSSR count). The first kappa shape index (κ1) is 12.1. The van der Waals surface area contributed by atoms with Gasteiger partial charge in [0.05, 0.1) is 0 Å². The molecule has 1 atom stereocenters. The lowest BCUT2D eigenvalue weighted by atomic mass is 9.76. The van der Waals surface area contributed by atoms with E-state index in [1.54, 1.807) is 0 Å². The quantitative estimate of drug-likeness (QED) is 0.830. The topological polar surface area (TPSA) is 28.2 Å². The molecule has 0 amide bonds. The highest BCUT2D eigenvalue weighted by atomic mass is 19.1. The van der Waals surface area contributed by atoms with Gasteiger partial charge in [-0.25, -0.2) is 4.98 Å². The third kappa shape index (κ3) is 2.27. The second kappa shape index (κ2) is 5.33. The highest BCUT2D eigenvalue weighted by Gasteiger charge is 2.35. The van der Waals surface area contributed by atoms with E-state index in [2.05, 4.69) is 15.2 Å². The van der Waals surface area contributed by atoms with Crippen LogP contribution in [-0.2, 0) is 0 Å². The summed E-state index contributed by atoms with van der Waals surface area (Å²) in [4.78, 5) is 6.26. The maximum Gasteiger partial charge on any atom is 0.217 e. The van der Waals surface area contributed by atoms with Crippen LogP contribution in [0.2, 0.25) is 0 Å². The molecule has 3 nitrogen and oxygen atoms in total.